The number of nitrogens with zero attached hydrogens (tertiary/aromatic N) is 1. The lowest BCUT2D eigenvalue weighted by Gasteiger charge is -2.04. The van der Waals surface area contributed by atoms with E-state index < -0.39 is 0 Å². The van der Waals surface area contributed by atoms with Gasteiger partial charge in [-0.25, -0.2) is 0 Å². The topological polar surface area (TPSA) is 26.9 Å². The quantitative estimate of drug-likeness (QED) is 0.534. The minimum absolute atomic E-state index is 0.676. The Morgan fingerprint density at radius 3 is 2.79 bits per heavy atom. The van der Waals surface area contributed by atoms with Gasteiger partial charge in [-0.05, 0) is 40.5 Å². The molecule has 14 heavy (non-hydrogen) atoms. The van der Waals surface area contributed by atoms with Crippen LogP contribution in [-0.4, -0.2) is 0 Å². The zero-order chi connectivity index (χ0) is 10.3. The van der Waals surface area contributed by atoms with Crippen molar-refractivity contribution in [2.24, 2.45) is 0 Å². The van der Waals surface area contributed by atoms with Crippen molar-refractivity contribution in [2.75, 3.05) is 0 Å². The first kappa shape index (κ1) is 9.74. The fraction of sp³-hybridized carbons (Fsp3) is 0.100. The molecule has 0 unspecified atom stereocenters. The van der Waals surface area contributed by atoms with E-state index in [-0.39, 0.29) is 0 Å². The van der Waals surface area contributed by atoms with E-state index in [2.05, 4.69) is 15.9 Å². The SMILES string of the molecule is Cc1cc2c(Br)c[n+]([O-])cc2cc1Cl. The van der Waals surface area contributed by atoms with E-state index in [0.29, 0.717) is 5.02 Å². The van der Waals surface area contributed by atoms with Crippen LogP contribution in [0.2, 0.25) is 5.02 Å². The van der Waals surface area contributed by atoms with Crippen LogP contribution < -0.4 is 4.73 Å². The van der Waals surface area contributed by atoms with Gasteiger partial charge in [0.15, 0.2) is 12.4 Å². The summed E-state index contributed by atoms with van der Waals surface area (Å²) < 4.78 is 1.54. The molecule has 0 N–H and O–H groups in total. The number of rotatable bonds is 0. The minimum Gasteiger partial charge on any atom is -0.619 e. The molecule has 72 valence electrons. The number of pyridine rings is 1. The summed E-state index contributed by atoms with van der Waals surface area (Å²) in [5, 5.41) is 13.7. The van der Waals surface area contributed by atoms with Gasteiger partial charge < -0.3 is 5.21 Å². The van der Waals surface area contributed by atoms with Crippen molar-refractivity contribution in [2.45, 2.75) is 6.92 Å². The Labute approximate surface area is 94.8 Å². The summed E-state index contributed by atoms with van der Waals surface area (Å²) >= 11 is 9.31. The van der Waals surface area contributed by atoms with Gasteiger partial charge in [0.25, 0.3) is 0 Å². The van der Waals surface area contributed by atoms with E-state index in [1.807, 2.05) is 13.0 Å². The molecule has 1 aromatic carbocycles. The summed E-state index contributed by atoms with van der Waals surface area (Å²) in [6.45, 7) is 1.94. The van der Waals surface area contributed by atoms with E-state index in [4.69, 9.17) is 11.6 Å². The van der Waals surface area contributed by atoms with Gasteiger partial charge in [0.2, 0.25) is 0 Å². The highest BCUT2D eigenvalue weighted by molar-refractivity contribution is 9.10. The molecular formula is C10H7BrClNO. The molecule has 2 rings (SSSR count). The fourth-order valence-corrected chi connectivity index (χ4v) is 2.08. The number of fused-ring (bicyclic) bond motifs is 1. The van der Waals surface area contributed by atoms with E-state index in [9.17, 15) is 5.21 Å². The molecule has 2 nitrogen and oxygen atoms in total. The monoisotopic (exact) mass is 271 g/mol. The summed E-state index contributed by atoms with van der Waals surface area (Å²) in [5.41, 5.74) is 1.00. The van der Waals surface area contributed by atoms with Crippen molar-refractivity contribution in [1.82, 2.24) is 0 Å². The normalized spacial score (nSPS) is 10.8. The second kappa shape index (κ2) is 3.41. The highest BCUT2D eigenvalue weighted by Crippen LogP contribution is 2.27. The first-order valence-corrected chi connectivity index (χ1v) is 5.23. The number of halogens is 2. The van der Waals surface area contributed by atoms with Crippen LogP contribution >= 0.6 is 27.5 Å². The molecule has 4 heteroatoms. The number of hydrogen-bond donors (Lipinski definition) is 0. The second-order valence-corrected chi connectivity index (χ2v) is 4.42. The Morgan fingerprint density at radius 2 is 2.07 bits per heavy atom. The lowest BCUT2D eigenvalue weighted by Crippen LogP contribution is -2.24. The Balaban J connectivity index is 2.89. The molecule has 0 saturated heterocycles. The molecule has 0 aliphatic heterocycles. The third-order valence-corrected chi connectivity index (χ3v) is 3.13. The lowest BCUT2D eigenvalue weighted by atomic mass is 10.1. The molecule has 0 amide bonds. The van der Waals surface area contributed by atoms with E-state index in [0.717, 1.165) is 25.5 Å². The van der Waals surface area contributed by atoms with Crippen molar-refractivity contribution in [1.29, 1.82) is 0 Å². The van der Waals surface area contributed by atoms with Crippen LogP contribution in [0.15, 0.2) is 29.0 Å². The maximum Gasteiger partial charge on any atom is 0.195 e. The van der Waals surface area contributed by atoms with E-state index >= 15 is 0 Å². The molecule has 0 atom stereocenters. The highest BCUT2D eigenvalue weighted by Gasteiger charge is 2.06. The van der Waals surface area contributed by atoms with Crippen LogP contribution in [0.5, 0.6) is 0 Å². The van der Waals surface area contributed by atoms with E-state index in [1.54, 1.807) is 6.07 Å². The average molecular weight is 273 g/mol. The van der Waals surface area contributed by atoms with Crippen molar-refractivity contribution in [3.8, 4) is 0 Å². The molecule has 0 aliphatic carbocycles. The highest BCUT2D eigenvalue weighted by atomic mass is 79.9. The summed E-state index contributed by atoms with van der Waals surface area (Å²) in [7, 11) is 0. The Hall–Kier alpha value is -0.800. The molecular weight excluding hydrogens is 265 g/mol. The second-order valence-electron chi connectivity index (χ2n) is 3.15. The van der Waals surface area contributed by atoms with Gasteiger partial charge in [-0.15, -0.1) is 0 Å². The van der Waals surface area contributed by atoms with Crippen molar-refractivity contribution >= 4 is 38.3 Å². The van der Waals surface area contributed by atoms with Gasteiger partial charge in [0.1, 0.15) is 0 Å². The lowest BCUT2D eigenvalue weighted by molar-refractivity contribution is -0.604. The maximum absolute atomic E-state index is 11.1. The van der Waals surface area contributed by atoms with Gasteiger partial charge in [-0.1, -0.05) is 11.6 Å². The molecule has 2 aromatic rings. The first-order chi connectivity index (χ1) is 6.58. The smallest absolute Gasteiger partial charge is 0.195 e. The van der Waals surface area contributed by atoms with Crippen molar-refractivity contribution in [3.63, 3.8) is 0 Å². The molecule has 0 spiro atoms. The Bertz CT molecular complexity index is 513. The van der Waals surface area contributed by atoms with Crippen molar-refractivity contribution in [3.05, 3.63) is 44.8 Å². The van der Waals surface area contributed by atoms with Crippen LogP contribution in [0.1, 0.15) is 5.56 Å². The zero-order valence-corrected chi connectivity index (χ0v) is 9.76. The summed E-state index contributed by atoms with van der Waals surface area (Å²) in [4.78, 5) is 0. The minimum atomic E-state index is 0.676. The van der Waals surface area contributed by atoms with Crippen LogP contribution in [0.25, 0.3) is 10.8 Å². The Morgan fingerprint density at radius 1 is 1.36 bits per heavy atom. The average Bonchev–Trinajstić information content (AvgIpc) is 2.08. The molecule has 0 saturated carbocycles. The molecule has 0 fully saturated rings. The van der Waals surface area contributed by atoms with Gasteiger partial charge >= 0.3 is 0 Å². The number of aromatic nitrogens is 1. The predicted octanol–water partition coefficient (Wildman–Crippen LogP) is 3.20. The molecule has 0 aliphatic rings. The molecule has 1 aromatic heterocycles. The first-order valence-electron chi connectivity index (χ1n) is 4.06. The van der Waals surface area contributed by atoms with Gasteiger partial charge in [-0.3, -0.25) is 0 Å². The van der Waals surface area contributed by atoms with Crippen LogP contribution in [0.3, 0.4) is 0 Å². The van der Waals surface area contributed by atoms with Crippen LogP contribution in [0, 0.1) is 12.1 Å². The van der Waals surface area contributed by atoms with Gasteiger partial charge in [0.05, 0.1) is 4.47 Å². The van der Waals surface area contributed by atoms with Crippen LogP contribution in [-0.2, 0) is 0 Å². The third kappa shape index (κ3) is 1.57. The molecule has 1 heterocycles. The fourth-order valence-electron chi connectivity index (χ4n) is 1.37. The Kier molecular flexibility index (Phi) is 2.37. The largest absolute Gasteiger partial charge is 0.619 e. The van der Waals surface area contributed by atoms with Crippen LogP contribution in [0.4, 0.5) is 0 Å². The molecule has 0 bridgehead atoms. The van der Waals surface area contributed by atoms with Gasteiger partial charge in [0, 0.05) is 15.8 Å². The third-order valence-electron chi connectivity index (χ3n) is 2.10. The van der Waals surface area contributed by atoms with Gasteiger partial charge in [-0.2, -0.15) is 4.73 Å². The molecule has 0 radical (unpaired) electrons. The van der Waals surface area contributed by atoms with Crippen molar-refractivity contribution < 1.29 is 4.73 Å². The standard InChI is InChI=1S/C10H7BrClNO/c1-6-2-8-7(3-10(6)12)4-13(14)5-9(8)11/h2-5H,1H3. The maximum atomic E-state index is 11.1. The van der Waals surface area contributed by atoms with E-state index in [1.165, 1.54) is 12.4 Å². The summed E-state index contributed by atoms with van der Waals surface area (Å²) in [6.07, 6.45) is 2.99. The zero-order valence-electron chi connectivity index (χ0n) is 7.42. The summed E-state index contributed by atoms with van der Waals surface area (Å²) in [6, 6.07) is 3.76. The number of aryl methyl sites for hydroxylation is 1. The predicted molar refractivity (Wildman–Crippen MR) is 60.4 cm³/mol. The number of hydrogen-bond acceptors (Lipinski definition) is 1. The summed E-state index contributed by atoms with van der Waals surface area (Å²) in [5.74, 6) is 0. The number of benzene rings is 1.